The zero-order valence-corrected chi connectivity index (χ0v) is 12.0. The van der Waals surface area contributed by atoms with Gasteiger partial charge in [0, 0.05) is 25.3 Å². The van der Waals surface area contributed by atoms with Gasteiger partial charge in [-0.15, -0.1) is 0 Å². The van der Waals surface area contributed by atoms with E-state index >= 15 is 0 Å². The van der Waals surface area contributed by atoms with Crippen molar-refractivity contribution < 1.29 is 4.79 Å². The van der Waals surface area contributed by atoms with Gasteiger partial charge in [0.15, 0.2) is 0 Å². The number of hydrogen-bond donors (Lipinski definition) is 2. The number of benzene rings is 2. The summed E-state index contributed by atoms with van der Waals surface area (Å²) >= 11 is 0. The van der Waals surface area contributed by atoms with Crippen LogP contribution in [0.25, 0.3) is 0 Å². The van der Waals surface area contributed by atoms with Crippen molar-refractivity contribution in [1.82, 2.24) is 0 Å². The zero-order valence-electron chi connectivity index (χ0n) is 12.0. The molecule has 3 N–H and O–H groups in total. The predicted octanol–water partition coefficient (Wildman–Crippen LogP) is 2.90. The minimum atomic E-state index is -0.125. The Hall–Kier alpha value is -2.49. The Labute approximate surface area is 119 Å². The molecule has 2 aromatic carbocycles. The van der Waals surface area contributed by atoms with Crippen LogP contribution in [0.15, 0.2) is 42.5 Å². The lowest BCUT2D eigenvalue weighted by atomic mass is 10.1. The fourth-order valence-corrected chi connectivity index (χ4v) is 2.07. The summed E-state index contributed by atoms with van der Waals surface area (Å²) in [5, 5.41) is 2.87. The van der Waals surface area contributed by atoms with Gasteiger partial charge < -0.3 is 16.0 Å². The van der Waals surface area contributed by atoms with E-state index in [0.29, 0.717) is 16.9 Å². The molecule has 4 heteroatoms. The van der Waals surface area contributed by atoms with Crippen molar-refractivity contribution in [3.63, 3.8) is 0 Å². The van der Waals surface area contributed by atoms with E-state index in [-0.39, 0.29) is 5.91 Å². The molecule has 0 spiro atoms. The van der Waals surface area contributed by atoms with Crippen molar-refractivity contribution in [2.24, 2.45) is 0 Å². The molecule has 0 aromatic heterocycles. The third kappa shape index (κ3) is 2.91. The van der Waals surface area contributed by atoms with Gasteiger partial charge >= 0.3 is 0 Å². The van der Waals surface area contributed by atoms with Crippen LogP contribution < -0.4 is 16.0 Å². The smallest absolute Gasteiger partial charge is 0.255 e. The van der Waals surface area contributed by atoms with Gasteiger partial charge in [-0.25, -0.2) is 0 Å². The Morgan fingerprint density at radius 2 is 1.85 bits per heavy atom. The highest BCUT2D eigenvalue weighted by Gasteiger charge is 2.09. The SMILES string of the molecule is Cc1ccccc1C(=O)Nc1ccc(N(C)C)c(N)c1. The number of amides is 1. The van der Waals surface area contributed by atoms with Crippen LogP contribution >= 0.6 is 0 Å². The van der Waals surface area contributed by atoms with E-state index in [0.717, 1.165) is 11.3 Å². The van der Waals surface area contributed by atoms with Crippen LogP contribution in [0, 0.1) is 6.92 Å². The Balaban J connectivity index is 2.21. The molecule has 0 saturated carbocycles. The van der Waals surface area contributed by atoms with Gasteiger partial charge in [0.1, 0.15) is 0 Å². The first-order valence-electron chi connectivity index (χ1n) is 6.43. The molecule has 0 heterocycles. The number of nitrogens with zero attached hydrogens (tertiary/aromatic N) is 1. The molecule has 2 rings (SSSR count). The second-order valence-electron chi connectivity index (χ2n) is 4.94. The Bertz CT molecular complexity index is 635. The van der Waals surface area contributed by atoms with Crippen molar-refractivity contribution >= 4 is 23.0 Å². The van der Waals surface area contributed by atoms with Gasteiger partial charge in [0.05, 0.1) is 11.4 Å². The van der Waals surface area contributed by atoms with Gasteiger partial charge in [-0.3, -0.25) is 4.79 Å². The average molecular weight is 269 g/mol. The van der Waals surface area contributed by atoms with Crippen molar-refractivity contribution in [2.75, 3.05) is 30.0 Å². The van der Waals surface area contributed by atoms with E-state index in [1.807, 2.05) is 62.3 Å². The normalized spacial score (nSPS) is 10.2. The van der Waals surface area contributed by atoms with Crippen LogP contribution in [0.3, 0.4) is 0 Å². The third-order valence-electron chi connectivity index (χ3n) is 3.16. The lowest BCUT2D eigenvalue weighted by Crippen LogP contribution is -2.15. The largest absolute Gasteiger partial charge is 0.397 e. The summed E-state index contributed by atoms with van der Waals surface area (Å²) in [5.41, 5.74) is 9.85. The molecule has 0 fully saturated rings. The molecule has 0 radical (unpaired) electrons. The number of anilines is 3. The summed E-state index contributed by atoms with van der Waals surface area (Å²) in [6, 6.07) is 13.0. The standard InChI is InChI=1S/C16H19N3O/c1-11-6-4-5-7-13(11)16(20)18-12-8-9-15(19(2)3)14(17)10-12/h4-10H,17H2,1-3H3,(H,18,20). The van der Waals surface area contributed by atoms with Gasteiger partial charge in [-0.1, -0.05) is 18.2 Å². The fraction of sp³-hybridized carbons (Fsp3) is 0.188. The molecule has 0 aliphatic carbocycles. The van der Waals surface area contributed by atoms with Gasteiger partial charge in [0.2, 0.25) is 0 Å². The number of carbonyl (C=O) groups is 1. The van der Waals surface area contributed by atoms with Gasteiger partial charge in [0.25, 0.3) is 5.91 Å². The topological polar surface area (TPSA) is 58.4 Å². The van der Waals surface area contributed by atoms with Crippen LogP contribution in [-0.2, 0) is 0 Å². The minimum absolute atomic E-state index is 0.125. The Morgan fingerprint density at radius 3 is 2.45 bits per heavy atom. The molecule has 0 aliphatic heterocycles. The van der Waals surface area contributed by atoms with Crippen LogP contribution in [0.1, 0.15) is 15.9 Å². The molecule has 20 heavy (non-hydrogen) atoms. The van der Waals surface area contributed by atoms with E-state index in [1.54, 1.807) is 6.07 Å². The third-order valence-corrected chi connectivity index (χ3v) is 3.16. The Morgan fingerprint density at radius 1 is 1.15 bits per heavy atom. The predicted molar refractivity (Wildman–Crippen MR) is 84.3 cm³/mol. The summed E-state index contributed by atoms with van der Waals surface area (Å²) in [6.45, 7) is 1.92. The van der Waals surface area contributed by atoms with Gasteiger partial charge in [-0.05, 0) is 36.8 Å². The highest BCUT2D eigenvalue weighted by atomic mass is 16.1. The van der Waals surface area contributed by atoms with Crippen LogP contribution in [0.2, 0.25) is 0 Å². The first-order valence-corrected chi connectivity index (χ1v) is 6.43. The van der Waals surface area contributed by atoms with Crippen LogP contribution in [-0.4, -0.2) is 20.0 Å². The molecule has 0 saturated heterocycles. The lowest BCUT2D eigenvalue weighted by Gasteiger charge is -2.16. The molecule has 0 atom stereocenters. The summed E-state index contributed by atoms with van der Waals surface area (Å²) in [5.74, 6) is -0.125. The highest BCUT2D eigenvalue weighted by Crippen LogP contribution is 2.25. The summed E-state index contributed by atoms with van der Waals surface area (Å²) in [4.78, 5) is 14.1. The molecule has 4 nitrogen and oxygen atoms in total. The van der Waals surface area contributed by atoms with Crippen molar-refractivity contribution in [2.45, 2.75) is 6.92 Å². The van der Waals surface area contributed by atoms with Crippen LogP contribution in [0.5, 0.6) is 0 Å². The lowest BCUT2D eigenvalue weighted by molar-refractivity contribution is 0.102. The van der Waals surface area contributed by atoms with Gasteiger partial charge in [-0.2, -0.15) is 0 Å². The highest BCUT2D eigenvalue weighted by molar-refractivity contribution is 6.05. The first kappa shape index (κ1) is 13.9. The molecule has 0 aliphatic rings. The summed E-state index contributed by atoms with van der Waals surface area (Å²) in [7, 11) is 3.86. The maximum atomic E-state index is 12.2. The van der Waals surface area contributed by atoms with Crippen LogP contribution in [0.4, 0.5) is 17.1 Å². The van der Waals surface area contributed by atoms with E-state index < -0.39 is 0 Å². The van der Waals surface area contributed by atoms with E-state index in [1.165, 1.54) is 0 Å². The van der Waals surface area contributed by atoms with Crippen molar-refractivity contribution in [1.29, 1.82) is 0 Å². The Kier molecular flexibility index (Phi) is 3.94. The van der Waals surface area contributed by atoms with Crippen molar-refractivity contribution in [3.05, 3.63) is 53.6 Å². The number of aryl methyl sites for hydroxylation is 1. The van der Waals surface area contributed by atoms with E-state index in [9.17, 15) is 4.79 Å². The first-order chi connectivity index (χ1) is 9.49. The quantitative estimate of drug-likeness (QED) is 0.842. The molecular formula is C16H19N3O. The van der Waals surface area contributed by atoms with E-state index in [4.69, 9.17) is 5.73 Å². The van der Waals surface area contributed by atoms with E-state index in [2.05, 4.69) is 5.32 Å². The minimum Gasteiger partial charge on any atom is -0.397 e. The average Bonchev–Trinajstić information content (AvgIpc) is 2.38. The fourth-order valence-electron chi connectivity index (χ4n) is 2.07. The number of carbonyl (C=O) groups excluding carboxylic acids is 1. The van der Waals surface area contributed by atoms with Crippen molar-refractivity contribution in [3.8, 4) is 0 Å². The number of hydrogen-bond acceptors (Lipinski definition) is 3. The molecule has 2 aromatic rings. The maximum absolute atomic E-state index is 12.2. The molecule has 0 unspecified atom stereocenters. The zero-order chi connectivity index (χ0) is 14.7. The number of nitrogens with two attached hydrogens (primary N) is 1. The molecular weight excluding hydrogens is 250 g/mol. The number of nitrogens with one attached hydrogen (secondary N) is 1. The molecule has 1 amide bonds. The summed E-state index contributed by atoms with van der Waals surface area (Å²) in [6.07, 6.45) is 0. The summed E-state index contributed by atoms with van der Waals surface area (Å²) < 4.78 is 0. The number of nitrogen functional groups attached to an aromatic ring is 1. The second kappa shape index (κ2) is 5.65. The molecule has 104 valence electrons. The molecule has 0 bridgehead atoms. The number of rotatable bonds is 3. The second-order valence-corrected chi connectivity index (χ2v) is 4.94. The monoisotopic (exact) mass is 269 g/mol. The maximum Gasteiger partial charge on any atom is 0.255 e.